The van der Waals surface area contributed by atoms with E-state index in [2.05, 4.69) is 21.7 Å². The fraction of sp³-hybridized carbons (Fsp3) is 0.476. The van der Waals surface area contributed by atoms with Crippen molar-refractivity contribution in [3.63, 3.8) is 0 Å². The standard InChI is InChI=1S/C21H24ClN5O2/c22-17-11-16(14-1-4-21(5-2-14)6-8-23-9-7-21)19-24-12-15(13-27(17)19)26-10-3-18(28)25-20(26)29/h1,11-13,23H,2-10H2,(H,25,28,29). The summed E-state index contributed by atoms with van der Waals surface area (Å²) < 4.78 is 1.83. The Morgan fingerprint density at radius 1 is 1.14 bits per heavy atom. The molecule has 8 heteroatoms. The van der Waals surface area contributed by atoms with Crippen LogP contribution in [0.2, 0.25) is 5.15 Å². The fourth-order valence-electron chi connectivity index (χ4n) is 4.82. The van der Waals surface area contributed by atoms with Crippen LogP contribution < -0.4 is 15.5 Å². The molecule has 4 heterocycles. The van der Waals surface area contributed by atoms with Gasteiger partial charge in [0.25, 0.3) is 0 Å². The van der Waals surface area contributed by atoms with Gasteiger partial charge in [0.05, 0.1) is 11.9 Å². The van der Waals surface area contributed by atoms with E-state index in [-0.39, 0.29) is 12.3 Å². The maximum Gasteiger partial charge on any atom is 0.328 e. The van der Waals surface area contributed by atoms with Gasteiger partial charge in [-0.2, -0.15) is 0 Å². The van der Waals surface area contributed by atoms with Crippen molar-refractivity contribution >= 4 is 40.4 Å². The second-order valence-corrected chi connectivity index (χ2v) is 8.71. The Morgan fingerprint density at radius 3 is 2.69 bits per heavy atom. The molecule has 1 aliphatic carbocycles. The molecule has 2 aromatic rings. The van der Waals surface area contributed by atoms with Crippen molar-refractivity contribution in [2.45, 2.75) is 38.5 Å². The summed E-state index contributed by atoms with van der Waals surface area (Å²) in [4.78, 5) is 29.7. The van der Waals surface area contributed by atoms with Crippen molar-refractivity contribution in [2.75, 3.05) is 24.5 Å². The molecule has 152 valence electrons. The third-order valence-corrected chi connectivity index (χ3v) is 6.92. The normalized spacial score (nSPS) is 22.1. The highest BCUT2D eigenvalue weighted by Gasteiger charge is 2.34. The number of urea groups is 1. The first-order valence-corrected chi connectivity index (χ1v) is 10.6. The zero-order chi connectivity index (χ0) is 20.0. The van der Waals surface area contributed by atoms with Crippen molar-refractivity contribution in [1.29, 1.82) is 0 Å². The van der Waals surface area contributed by atoms with Gasteiger partial charge in [-0.1, -0.05) is 17.7 Å². The number of carbonyl (C=O) groups is 2. The predicted octanol–water partition coefficient (Wildman–Crippen LogP) is 3.37. The lowest BCUT2D eigenvalue weighted by Gasteiger charge is -2.40. The minimum absolute atomic E-state index is 0.252. The summed E-state index contributed by atoms with van der Waals surface area (Å²) in [6.45, 7) is 2.57. The Hall–Kier alpha value is -2.38. The Balaban J connectivity index is 1.44. The average molecular weight is 414 g/mol. The molecular formula is C21H24ClN5O2. The predicted molar refractivity (Wildman–Crippen MR) is 112 cm³/mol. The molecule has 2 saturated heterocycles. The SMILES string of the molecule is O=C1CCN(c2cnc3c(C4=CCC5(CCNCC5)CC4)cc(Cl)n3c2)C(=O)N1. The van der Waals surface area contributed by atoms with Gasteiger partial charge in [-0.3, -0.25) is 19.4 Å². The molecular weight excluding hydrogens is 390 g/mol. The fourth-order valence-corrected chi connectivity index (χ4v) is 5.06. The lowest BCUT2D eigenvalue weighted by molar-refractivity contribution is -0.120. The van der Waals surface area contributed by atoms with Crippen molar-refractivity contribution in [3.8, 4) is 0 Å². The Kier molecular flexibility index (Phi) is 4.59. The maximum absolute atomic E-state index is 12.1. The molecule has 1 spiro atoms. The number of allylic oxidation sites excluding steroid dienone is 2. The quantitative estimate of drug-likeness (QED) is 0.791. The summed E-state index contributed by atoms with van der Waals surface area (Å²) in [7, 11) is 0. The van der Waals surface area contributed by atoms with Gasteiger partial charge < -0.3 is 5.32 Å². The number of nitrogens with zero attached hydrogens (tertiary/aromatic N) is 3. The first-order chi connectivity index (χ1) is 14.0. The average Bonchev–Trinajstić information content (AvgIpc) is 3.05. The molecule has 3 aliphatic rings. The minimum atomic E-state index is -0.423. The zero-order valence-corrected chi connectivity index (χ0v) is 17.0. The molecule has 3 amide bonds. The number of amides is 3. The molecule has 0 unspecified atom stereocenters. The molecule has 0 atom stereocenters. The number of aromatic nitrogens is 2. The van der Waals surface area contributed by atoms with Crippen LogP contribution in [0, 0.1) is 5.41 Å². The molecule has 0 aromatic carbocycles. The van der Waals surface area contributed by atoms with Gasteiger partial charge in [-0.25, -0.2) is 9.78 Å². The number of fused-ring (bicyclic) bond motifs is 1. The van der Waals surface area contributed by atoms with Crippen LogP contribution in [0.15, 0.2) is 24.5 Å². The van der Waals surface area contributed by atoms with Crippen LogP contribution >= 0.6 is 11.6 Å². The Bertz CT molecular complexity index is 1020. The highest BCUT2D eigenvalue weighted by molar-refractivity contribution is 6.30. The van der Waals surface area contributed by atoms with Crippen LogP contribution in [0.3, 0.4) is 0 Å². The first-order valence-electron chi connectivity index (χ1n) is 10.2. The number of anilines is 1. The Morgan fingerprint density at radius 2 is 1.97 bits per heavy atom. The molecule has 0 bridgehead atoms. The van der Waals surface area contributed by atoms with Gasteiger partial charge in [0.1, 0.15) is 10.8 Å². The molecule has 0 radical (unpaired) electrons. The monoisotopic (exact) mass is 413 g/mol. The second-order valence-electron chi connectivity index (χ2n) is 8.32. The van der Waals surface area contributed by atoms with Gasteiger partial charge in [0.15, 0.2) is 0 Å². The third kappa shape index (κ3) is 3.32. The lowest BCUT2D eigenvalue weighted by atomic mass is 9.68. The van der Waals surface area contributed by atoms with E-state index in [1.807, 2.05) is 16.7 Å². The minimum Gasteiger partial charge on any atom is -0.317 e. The molecule has 0 saturated carbocycles. The first kappa shape index (κ1) is 18.6. The topological polar surface area (TPSA) is 78.7 Å². The van der Waals surface area contributed by atoms with Gasteiger partial charge in [0.2, 0.25) is 5.91 Å². The van der Waals surface area contributed by atoms with Crippen molar-refractivity contribution in [1.82, 2.24) is 20.0 Å². The number of nitrogens with one attached hydrogen (secondary N) is 2. The smallest absolute Gasteiger partial charge is 0.317 e. The molecule has 2 aromatic heterocycles. The molecule has 2 fully saturated rings. The number of hydrogen-bond donors (Lipinski definition) is 2. The van der Waals surface area contributed by atoms with E-state index >= 15 is 0 Å². The number of rotatable bonds is 2. The second kappa shape index (κ2) is 7.15. The van der Waals surface area contributed by atoms with E-state index in [1.54, 1.807) is 6.20 Å². The van der Waals surface area contributed by atoms with Gasteiger partial charge >= 0.3 is 6.03 Å². The molecule has 2 aliphatic heterocycles. The third-order valence-electron chi connectivity index (χ3n) is 6.63. The number of piperidine rings is 1. The van der Waals surface area contributed by atoms with E-state index in [9.17, 15) is 9.59 Å². The van der Waals surface area contributed by atoms with Crippen molar-refractivity contribution in [2.24, 2.45) is 5.41 Å². The Labute approximate surface area is 174 Å². The van der Waals surface area contributed by atoms with Crippen LogP contribution in [0.1, 0.15) is 44.1 Å². The summed E-state index contributed by atoms with van der Waals surface area (Å²) >= 11 is 6.52. The highest BCUT2D eigenvalue weighted by atomic mass is 35.5. The van der Waals surface area contributed by atoms with Crippen molar-refractivity contribution < 1.29 is 9.59 Å². The molecule has 2 N–H and O–H groups in total. The molecule has 7 nitrogen and oxygen atoms in total. The molecule has 29 heavy (non-hydrogen) atoms. The van der Waals surface area contributed by atoms with Crippen LogP contribution in [0.4, 0.5) is 10.5 Å². The summed E-state index contributed by atoms with van der Waals surface area (Å²) in [5, 5.41) is 6.37. The van der Waals surface area contributed by atoms with E-state index in [0.717, 1.165) is 37.1 Å². The zero-order valence-electron chi connectivity index (χ0n) is 16.2. The van der Waals surface area contributed by atoms with Crippen LogP contribution in [-0.2, 0) is 4.79 Å². The van der Waals surface area contributed by atoms with Crippen LogP contribution in [0.5, 0.6) is 0 Å². The number of carbonyl (C=O) groups excluding carboxylic acids is 2. The molecule has 5 rings (SSSR count). The van der Waals surface area contributed by atoms with Crippen LogP contribution in [-0.4, -0.2) is 41.0 Å². The van der Waals surface area contributed by atoms with Gasteiger partial charge in [-0.05, 0) is 62.2 Å². The lowest BCUT2D eigenvalue weighted by Crippen LogP contribution is -2.49. The van der Waals surface area contributed by atoms with E-state index in [4.69, 9.17) is 11.6 Å². The van der Waals surface area contributed by atoms with E-state index < -0.39 is 6.03 Å². The van der Waals surface area contributed by atoms with Gasteiger partial charge in [-0.15, -0.1) is 0 Å². The maximum atomic E-state index is 12.1. The van der Waals surface area contributed by atoms with Crippen LogP contribution in [0.25, 0.3) is 11.2 Å². The summed E-state index contributed by atoms with van der Waals surface area (Å²) in [6, 6.07) is 1.55. The largest absolute Gasteiger partial charge is 0.328 e. The highest BCUT2D eigenvalue weighted by Crippen LogP contribution is 2.45. The number of halogens is 1. The van der Waals surface area contributed by atoms with E-state index in [0.29, 0.717) is 22.8 Å². The van der Waals surface area contributed by atoms with Gasteiger partial charge in [0, 0.05) is 24.7 Å². The number of hydrogen-bond acceptors (Lipinski definition) is 4. The van der Waals surface area contributed by atoms with E-state index in [1.165, 1.54) is 29.7 Å². The van der Waals surface area contributed by atoms with Crippen molar-refractivity contribution in [3.05, 3.63) is 35.3 Å². The summed E-state index contributed by atoms with van der Waals surface area (Å²) in [5.74, 6) is -0.252. The summed E-state index contributed by atoms with van der Waals surface area (Å²) in [6.07, 6.45) is 12.0. The summed E-state index contributed by atoms with van der Waals surface area (Å²) in [5.41, 5.74) is 4.26. The number of imide groups is 1.